The molecule has 3 N–H and O–H groups in total. The van der Waals surface area contributed by atoms with Crippen molar-refractivity contribution in [1.82, 2.24) is 15.2 Å². The molecular weight excluding hydrogens is 316 g/mol. The van der Waals surface area contributed by atoms with E-state index in [1.54, 1.807) is 0 Å². The smallest absolute Gasteiger partial charge is 0.0624 e. The number of halogens is 1. The molecule has 1 aromatic carbocycles. The van der Waals surface area contributed by atoms with Gasteiger partial charge in [-0.3, -0.25) is 16.0 Å². The number of hydrogen-bond donors (Lipinski definition) is 2. The number of benzene rings is 1. The minimum Gasteiger partial charge on any atom is -0.272 e. The number of nitrogens with one attached hydrogen (secondary N) is 1. The lowest BCUT2D eigenvalue weighted by Crippen LogP contribution is -2.30. The van der Waals surface area contributed by atoms with Gasteiger partial charge in [-0.25, -0.2) is 0 Å². The van der Waals surface area contributed by atoms with Crippen LogP contribution in [0.15, 0.2) is 28.7 Å². The predicted molar refractivity (Wildman–Crippen MR) is 85.2 cm³/mol. The summed E-state index contributed by atoms with van der Waals surface area (Å²) in [5, 5.41) is 4.48. The summed E-state index contributed by atoms with van der Waals surface area (Å²) in [7, 11) is 1.98. The van der Waals surface area contributed by atoms with Crippen molar-refractivity contribution in [2.45, 2.75) is 32.7 Å². The van der Waals surface area contributed by atoms with Gasteiger partial charge in [0.15, 0.2) is 0 Å². The van der Waals surface area contributed by atoms with E-state index in [0.717, 1.165) is 23.0 Å². The van der Waals surface area contributed by atoms with Gasteiger partial charge in [-0.15, -0.1) is 0 Å². The topological polar surface area (TPSA) is 55.9 Å². The number of aryl methyl sites for hydroxylation is 3. The summed E-state index contributed by atoms with van der Waals surface area (Å²) in [4.78, 5) is 0. The lowest BCUT2D eigenvalue weighted by atomic mass is 10.0. The van der Waals surface area contributed by atoms with Gasteiger partial charge in [0, 0.05) is 23.6 Å². The second-order valence-corrected chi connectivity index (χ2v) is 5.89. The fourth-order valence-corrected chi connectivity index (χ4v) is 2.64. The predicted octanol–water partition coefficient (Wildman–Crippen LogP) is 2.80. The Labute approximate surface area is 128 Å². The third-order valence-corrected chi connectivity index (χ3v) is 4.46. The Bertz CT molecular complexity index is 592. The molecule has 0 bridgehead atoms. The molecule has 0 amide bonds. The van der Waals surface area contributed by atoms with Crippen LogP contribution in [-0.2, 0) is 19.9 Å². The molecule has 5 heteroatoms. The molecule has 2 rings (SSSR count). The van der Waals surface area contributed by atoms with Gasteiger partial charge in [-0.05, 0) is 36.6 Å². The van der Waals surface area contributed by atoms with Gasteiger partial charge in [-0.2, -0.15) is 5.10 Å². The molecule has 0 aliphatic carbocycles. The average molecular weight is 337 g/mol. The number of hydrogen-bond acceptors (Lipinski definition) is 3. The van der Waals surface area contributed by atoms with E-state index in [9.17, 15) is 0 Å². The summed E-state index contributed by atoms with van der Waals surface area (Å²) in [5.74, 6) is 5.74. The zero-order valence-electron chi connectivity index (χ0n) is 12.2. The van der Waals surface area contributed by atoms with Crippen molar-refractivity contribution in [3.63, 3.8) is 0 Å². The molecular formula is C15H21BrN4. The summed E-state index contributed by atoms with van der Waals surface area (Å²) in [6.07, 6.45) is 1.76. The van der Waals surface area contributed by atoms with Crippen molar-refractivity contribution in [1.29, 1.82) is 0 Å². The zero-order chi connectivity index (χ0) is 14.7. The van der Waals surface area contributed by atoms with Crippen LogP contribution in [0.2, 0.25) is 0 Å². The Kier molecular flexibility index (Phi) is 4.96. The van der Waals surface area contributed by atoms with Crippen LogP contribution in [-0.4, -0.2) is 9.78 Å². The van der Waals surface area contributed by atoms with E-state index in [0.29, 0.717) is 0 Å². The lowest BCUT2D eigenvalue weighted by molar-refractivity contribution is 0.529. The third kappa shape index (κ3) is 3.29. The molecule has 0 radical (unpaired) electrons. The van der Waals surface area contributed by atoms with Crippen LogP contribution in [0.25, 0.3) is 0 Å². The van der Waals surface area contributed by atoms with Crippen molar-refractivity contribution < 1.29 is 0 Å². The average Bonchev–Trinajstić information content (AvgIpc) is 2.80. The van der Waals surface area contributed by atoms with E-state index in [2.05, 4.69) is 64.6 Å². The fourth-order valence-electron chi connectivity index (χ4n) is 2.24. The van der Waals surface area contributed by atoms with Gasteiger partial charge in [0.2, 0.25) is 0 Å². The van der Waals surface area contributed by atoms with Crippen LogP contribution >= 0.6 is 15.9 Å². The number of aromatic nitrogens is 2. The maximum absolute atomic E-state index is 5.74. The van der Waals surface area contributed by atoms with Gasteiger partial charge in [0.05, 0.1) is 11.7 Å². The number of nitrogens with two attached hydrogens (primary N) is 1. The summed E-state index contributed by atoms with van der Waals surface area (Å²) >= 11 is 3.57. The van der Waals surface area contributed by atoms with E-state index in [4.69, 9.17) is 5.84 Å². The second kappa shape index (κ2) is 6.52. The summed E-state index contributed by atoms with van der Waals surface area (Å²) < 4.78 is 3.04. The molecule has 0 spiro atoms. The molecule has 0 fully saturated rings. The number of rotatable bonds is 5. The molecule has 1 heterocycles. The first kappa shape index (κ1) is 15.2. The summed E-state index contributed by atoms with van der Waals surface area (Å²) in [6, 6.07) is 8.56. The number of hydrazine groups is 1. The SMILES string of the molecule is CCc1cc(CC(NN)c2ccc(C)c(Br)c2)n(C)n1. The quantitative estimate of drug-likeness (QED) is 0.652. The molecule has 1 atom stereocenters. The fraction of sp³-hybridized carbons (Fsp3) is 0.400. The molecule has 1 unspecified atom stereocenters. The van der Waals surface area contributed by atoms with Crippen LogP contribution < -0.4 is 11.3 Å². The van der Waals surface area contributed by atoms with Crippen molar-refractivity contribution >= 4 is 15.9 Å². The molecule has 1 aromatic heterocycles. The van der Waals surface area contributed by atoms with Gasteiger partial charge in [0.25, 0.3) is 0 Å². The molecule has 0 aliphatic heterocycles. The van der Waals surface area contributed by atoms with E-state index in [1.807, 2.05) is 11.7 Å². The van der Waals surface area contributed by atoms with Crippen LogP contribution in [0.1, 0.15) is 35.5 Å². The first-order valence-corrected chi connectivity index (χ1v) is 7.58. The number of nitrogens with zero attached hydrogens (tertiary/aromatic N) is 2. The van der Waals surface area contributed by atoms with Crippen LogP contribution in [0, 0.1) is 6.92 Å². The second-order valence-electron chi connectivity index (χ2n) is 5.04. The molecule has 4 nitrogen and oxygen atoms in total. The molecule has 2 aromatic rings. The first-order chi connectivity index (χ1) is 9.55. The Morgan fingerprint density at radius 2 is 2.15 bits per heavy atom. The highest BCUT2D eigenvalue weighted by Gasteiger charge is 2.14. The Balaban J connectivity index is 2.23. The largest absolute Gasteiger partial charge is 0.272 e. The van der Waals surface area contributed by atoms with Crippen molar-refractivity contribution in [2.24, 2.45) is 12.9 Å². The van der Waals surface area contributed by atoms with Crippen molar-refractivity contribution in [3.8, 4) is 0 Å². The Hall–Kier alpha value is -1.17. The van der Waals surface area contributed by atoms with Crippen LogP contribution in [0.4, 0.5) is 0 Å². The third-order valence-electron chi connectivity index (χ3n) is 3.60. The van der Waals surface area contributed by atoms with Crippen LogP contribution in [0.3, 0.4) is 0 Å². The summed E-state index contributed by atoms with van der Waals surface area (Å²) in [6.45, 7) is 4.19. The van der Waals surface area contributed by atoms with Gasteiger partial charge in [0.1, 0.15) is 0 Å². The monoisotopic (exact) mass is 336 g/mol. The molecule has 0 saturated carbocycles. The van der Waals surface area contributed by atoms with Gasteiger partial charge >= 0.3 is 0 Å². The Morgan fingerprint density at radius 1 is 1.40 bits per heavy atom. The maximum Gasteiger partial charge on any atom is 0.0624 e. The molecule has 0 aliphatic rings. The van der Waals surface area contributed by atoms with E-state index >= 15 is 0 Å². The minimum atomic E-state index is 0.0759. The van der Waals surface area contributed by atoms with Crippen molar-refractivity contribution in [3.05, 3.63) is 51.3 Å². The summed E-state index contributed by atoms with van der Waals surface area (Å²) in [5.41, 5.74) is 7.59. The maximum atomic E-state index is 5.74. The highest BCUT2D eigenvalue weighted by molar-refractivity contribution is 9.10. The lowest BCUT2D eigenvalue weighted by Gasteiger charge is -2.17. The van der Waals surface area contributed by atoms with E-state index in [-0.39, 0.29) is 6.04 Å². The van der Waals surface area contributed by atoms with E-state index in [1.165, 1.54) is 16.8 Å². The minimum absolute atomic E-state index is 0.0759. The zero-order valence-corrected chi connectivity index (χ0v) is 13.7. The highest BCUT2D eigenvalue weighted by atomic mass is 79.9. The normalized spacial score (nSPS) is 12.7. The van der Waals surface area contributed by atoms with E-state index < -0.39 is 0 Å². The van der Waals surface area contributed by atoms with Crippen molar-refractivity contribution in [2.75, 3.05) is 0 Å². The Morgan fingerprint density at radius 3 is 2.70 bits per heavy atom. The van der Waals surface area contributed by atoms with Gasteiger partial charge in [-0.1, -0.05) is 35.0 Å². The highest BCUT2D eigenvalue weighted by Crippen LogP contribution is 2.24. The molecule has 108 valence electrons. The molecule has 20 heavy (non-hydrogen) atoms. The van der Waals surface area contributed by atoms with Crippen LogP contribution in [0.5, 0.6) is 0 Å². The van der Waals surface area contributed by atoms with Gasteiger partial charge < -0.3 is 0 Å². The first-order valence-electron chi connectivity index (χ1n) is 6.79. The standard InChI is InChI=1S/C15H21BrN4/c1-4-12-8-13(20(3)19-12)9-15(18-17)11-6-5-10(2)14(16)7-11/h5-8,15,18H,4,9,17H2,1-3H3. The molecule has 0 saturated heterocycles.